The molecule has 0 fully saturated rings. The van der Waals surface area contributed by atoms with E-state index in [4.69, 9.17) is 0 Å². The smallest absolute Gasteiger partial charge is 0.272 e. The Morgan fingerprint density at radius 2 is 2.29 bits per heavy atom. The number of carbonyl (C=O) groups excluding carboxylic acids is 1. The van der Waals surface area contributed by atoms with Gasteiger partial charge in [0.05, 0.1) is 4.88 Å². The first-order valence-corrected chi connectivity index (χ1v) is 8.05. The van der Waals surface area contributed by atoms with Gasteiger partial charge in [0.1, 0.15) is 5.69 Å². The lowest BCUT2D eigenvalue weighted by molar-refractivity contribution is 0.0988. The van der Waals surface area contributed by atoms with Crippen LogP contribution in [0.3, 0.4) is 0 Å². The van der Waals surface area contributed by atoms with E-state index in [1.165, 1.54) is 16.2 Å². The Morgan fingerprint density at radius 1 is 1.48 bits per heavy atom. The van der Waals surface area contributed by atoms with Crippen LogP contribution in [-0.2, 0) is 12.8 Å². The summed E-state index contributed by atoms with van der Waals surface area (Å²) in [6.45, 7) is 4.73. The topological polar surface area (TPSA) is 53.2 Å². The number of fused-ring (bicyclic) bond motifs is 1. The number of pyridine rings is 1. The molecular formula is C16H18N2O2S. The zero-order valence-electron chi connectivity index (χ0n) is 12.2. The summed E-state index contributed by atoms with van der Waals surface area (Å²) in [5.74, 6) is -0.0551. The molecule has 3 heterocycles. The fourth-order valence-corrected chi connectivity index (χ4v) is 3.92. The lowest BCUT2D eigenvalue weighted by Gasteiger charge is -2.27. The molecule has 0 radical (unpaired) electrons. The van der Waals surface area contributed by atoms with E-state index in [9.17, 15) is 9.59 Å². The van der Waals surface area contributed by atoms with Gasteiger partial charge in [0.2, 0.25) is 0 Å². The summed E-state index contributed by atoms with van der Waals surface area (Å²) in [6.07, 6.45) is 4.33. The van der Waals surface area contributed by atoms with Crippen molar-refractivity contribution in [1.82, 2.24) is 4.98 Å². The third kappa shape index (κ3) is 2.42. The van der Waals surface area contributed by atoms with Crippen LogP contribution in [0.15, 0.2) is 23.1 Å². The molecule has 0 bridgehead atoms. The first-order chi connectivity index (χ1) is 10.1. The molecule has 1 amide bonds. The number of anilines is 1. The summed E-state index contributed by atoms with van der Waals surface area (Å²) in [5, 5.41) is 0. The number of rotatable bonds is 2. The Kier molecular flexibility index (Phi) is 3.68. The van der Waals surface area contributed by atoms with Crippen LogP contribution in [0.4, 0.5) is 5.69 Å². The molecule has 1 aliphatic heterocycles. The molecule has 5 heteroatoms. The second-order valence-corrected chi connectivity index (χ2v) is 6.45. The van der Waals surface area contributed by atoms with E-state index in [-0.39, 0.29) is 11.5 Å². The number of hydrogen-bond acceptors (Lipinski definition) is 3. The van der Waals surface area contributed by atoms with Crippen LogP contribution < -0.4 is 10.5 Å². The predicted molar refractivity (Wildman–Crippen MR) is 85.5 cm³/mol. The molecule has 0 spiro atoms. The van der Waals surface area contributed by atoms with Crippen molar-refractivity contribution in [3.05, 3.63) is 49.6 Å². The highest BCUT2D eigenvalue weighted by molar-refractivity contribution is 7.14. The minimum absolute atomic E-state index is 0.0551. The number of nitrogens with zero attached hydrogens (tertiary/aromatic N) is 1. The number of carbonyl (C=O) groups is 1. The molecule has 2 aromatic heterocycles. The number of thiophene rings is 1. The Bertz CT molecular complexity index is 745. The summed E-state index contributed by atoms with van der Waals surface area (Å²) in [4.78, 5) is 31.1. The molecule has 0 saturated heterocycles. The second-order valence-electron chi connectivity index (χ2n) is 5.31. The average Bonchev–Trinajstić information content (AvgIpc) is 2.87. The van der Waals surface area contributed by atoms with Crippen LogP contribution in [0.5, 0.6) is 0 Å². The summed E-state index contributed by atoms with van der Waals surface area (Å²) < 4.78 is 0. The quantitative estimate of drug-likeness (QED) is 0.927. The lowest BCUT2D eigenvalue weighted by Crippen LogP contribution is -2.39. The third-order valence-corrected chi connectivity index (χ3v) is 5.28. The van der Waals surface area contributed by atoms with E-state index in [0.29, 0.717) is 12.2 Å². The monoisotopic (exact) mass is 302 g/mol. The first kappa shape index (κ1) is 14.1. The summed E-state index contributed by atoms with van der Waals surface area (Å²) in [7, 11) is 0. The molecule has 1 N–H and O–H groups in total. The van der Waals surface area contributed by atoms with Crippen molar-refractivity contribution in [2.45, 2.75) is 33.1 Å². The van der Waals surface area contributed by atoms with Crippen molar-refractivity contribution in [3.8, 4) is 0 Å². The van der Waals surface area contributed by atoms with E-state index < -0.39 is 0 Å². The van der Waals surface area contributed by atoms with Crippen LogP contribution in [0.25, 0.3) is 0 Å². The predicted octanol–water partition coefficient (Wildman–Crippen LogP) is 2.90. The number of H-pyrrole nitrogens is 1. The maximum Gasteiger partial charge on any atom is 0.272 e. The van der Waals surface area contributed by atoms with E-state index in [1.807, 2.05) is 19.1 Å². The van der Waals surface area contributed by atoms with E-state index >= 15 is 0 Å². The Balaban J connectivity index is 2.02. The molecule has 0 saturated carbocycles. The molecular weight excluding hydrogens is 284 g/mol. The van der Waals surface area contributed by atoms with Gasteiger partial charge >= 0.3 is 0 Å². The van der Waals surface area contributed by atoms with Crippen LogP contribution in [0, 0.1) is 6.92 Å². The van der Waals surface area contributed by atoms with Gasteiger partial charge in [-0.1, -0.05) is 6.92 Å². The lowest BCUT2D eigenvalue weighted by atomic mass is 10.0. The first-order valence-electron chi connectivity index (χ1n) is 7.23. The number of aryl methyl sites for hydroxylation is 3. The van der Waals surface area contributed by atoms with Crippen molar-refractivity contribution < 1.29 is 4.79 Å². The fraction of sp³-hybridized carbons (Fsp3) is 0.375. The van der Waals surface area contributed by atoms with Gasteiger partial charge in [-0.2, -0.15) is 0 Å². The van der Waals surface area contributed by atoms with Crippen LogP contribution in [0.2, 0.25) is 0 Å². The molecule has 2 aromatic rings. The maximum absolute atomic E-state index is 12.8. The van der Waals surface area contributed by atoms with Crippen molar-refractivity contribution in [3.63, 3.8) is 0 Å². The van der Waals surface area contributed by atoms with E-state index in [0.717, 1.165) is 35.3 Å². The van der Waals surface area contributed by atoms with Gasteiger partial charge in [-0.3, -0.25) is 9.59 Å². The standard InChI is InChI=1S/C16H18N2O2S/c1-3-12-10(2)9-13(21-12)16(20)18-8-4-5-11-6-7-17-15(19)14(11)18/h6-7,9H,3-5,8H2,1-2H3,(H,17,19). The number of nitrogens with one attached hydrogen (secondary N) is 1. The van der Waals surface area contributed by atoms with Crippen LogP contribution in [0.1, 0.15) is 39.0 Å². The van der Waals surface area contributed by atoms with Crippen LogP contribution in [-0.4, -0.2) is 17.4 Å². The molecule has 0 aromatic carbocycles. The van der Waals surface area contributed by atoms with Gasteiger partial charge in [-0.25, -0.2) is 0 Å². The van der Waals surface area contributed by atoms with E-state index in [1.54, 1.807) is 11.1 Å². The molecule has 0 aliphatic carbocycles. The van der Waals surface area contributed by atoms with Crippen molar-refractivity contribution >= 4 is 22.9 Å². The number of aromatic nitrogens is 1. The fourth-order valence-electron chi connectivity index (χ4n) is 2.86. The number of hydrogen-bond donors (Lipinski definition) is 1. The minimum atomic E-state index is -0.176. The SMILES string of the molecule is CCc1sc(C(=O)N2CCCc3cc[nH]c(=O)c32)cc1C. The van der Waals surface area contributed by atoms with Crippen molar-refractivity contribution in [2.75, 3.05) is 11.4 Å². The average molecular weight is 302 g/mol. The molecule has 0 atom stereocenters. The molecule has 1 aliphatic rings. The maximum atomic E-state index is 12.8. The van der Waals surface area contributed by atoms with Gasteiger partial charge in [0.25, 0.3) is 11.5 Å². The number of amides is 1. The summed E-state index contributed by atoms with van der Waals surface area (Å²) >= 11 is 1.54. The van der Waals surface area contributed by atoms with Gasteiger partial charge in [-0.15, -0.1) is 11.3 Å². The zero-order chi connectivity index (χ0) is 15.0. The molecule has 21 heavy (non-hydrogen) atoms. The van der Waals surface area contributed by atoms with Gasteiger partial charge in [-0.05, 0) is 49.4 Å². The highest BCUT2D eigenvalue weighted by atomic mass is 32.1. The highest BCUT2D eigenvalue weighted by Crippen LogP contribution is 2.28. The summed E-state index contributed by atoms with van der Waals surface area (Å²) in [5.41, 5.74) is 2.47. The zero-order valence-corrected chi connectivity index (χ0v) is 13.0. The Morgan fingerprint density at radius 3 is 3.00 bits per heavy atom. The normalized spacial score (nSPS) is 14.1. The largest absolute Gasteiger partial charge is 0.327 e. The Hall–Kier alpha value is -1.88. The molecule has 110 valence electrons. The van der Waals surface area contributed by atoms with Gasteiger partial charge in [0.15, 0.2) is 0 Å². The minimum Gasteiger partial charge on any atom is -0.327 e. The van der Waals surface area contributed by atoms with Crippen molar-refractivity contribution in [2.24, 2.45) is 0 Å². The highest BCUT2D eigenvalue weighted by Gasteiger charge is 2.27. The molecule has 0 unspecified atom stereocenters. The van der Waals surface area contributed by atoms with E-state index in [2.05, 4.69) is 11.9 Å². The van der Waals surface area contributed by atoms with Gasteiger partial charge in [0, 0.05) is 17.6 Å². The Labute approximate surface area is 127 Å². The van der Waals surface area contributed by atoms with Crippen LogP contribution >= 0.6 is 11.3 Å². The second kappa shape index (κ2) is 5.48. The molecule has 3 rings (SSSR count). The van der Waals surface area contributed by atoms with Gasteiger partial charge < -0.3 is 9.88 Å². The van der Waals surface area contributed by atoms with Crippen molar-refractivity contribution in [1.29, 1.82) is 0 Å². The number of aromatic amines is 1. The summed E-state index contributed by atoms with van der Waals surface area (Å²) in [6, 6.07) is 3.84. The third-order valence-electron chi connectivity index (χ3n) is 3.91. The molecule has 4 nitrogen and oxygen atoms in total.